The second kappa shape index (κ2) is 6.76. The Balaban J connectivity index is 4.24. The van der Waals surface area contributed by atoms with E-state index in [2.05, 4.69) is 13.8 Å². The van der Waals surface area contributed by atoms with E-state index >= 15 is 0 Å². The van der Waals surface area contributed by atoms with Crippen molar-refractivity contribution in [3.8, 4) is 0 Å². The van der Waals surface area contributed by atoms with Crippen LogP contribution in [0.1, 0.15) is 53.4 Å². The second-order valence-corrected chi connectivity index (χ2v) is 5.35. The highest BCUT2D eigenvalue weighted by molar-refractivity contribution is 5.83. The summed E-state index contributed by atoms with van der Waals surface area (Å²) in [6.07, 6.45) is 5.12. The summed E-state index contributed by atoms with van der Waals surface area (Å²) < 4.78 is 0. The van der Waals surface area contributed by atoms with Crippen LogP contribution >= 0.6 is 0 Å². The van der Waals surface area contributed by atoms with Crippen molar-refractivity contribution in [3.63, 3.8) is 0 Å². The lowest BCUT2D eigenvalue weighted by atomic mass is 9.78. The molecular formula is C13H24O2. The van der Waals surface area contributed by atoms with Gasteiger partial charge in [0, 0.05) is 0 Å². The SMILES string of the molecule is CC(C)CCCC(C=O)(C=O)CC(C)C. The summed E-state index contributed by atoms with van der Waals surface area (Å²) in [6, 6.07) is 0. The molecule has 0 N–H and O–H groups in total. The maximum absolute atomic E-state index is 11.0. The number of carbonyl (C=O) groups excluding carboxylic acids is 2. The number of rotatable bonds is 8. The molecule has 0 saturated heterocycles. The first kappa shape index (κ1) is 14.3. The van der Waals surface area contributed by atoms with Gasteiger partial charge >= 0.3 is 0 Å². The third-order valence-corrected chi connectivity index (χ3v) is 2.68. The molecule has 0 aromatic heterocycles. The number of hydrogen-bond acceptors (Lipinski definition) is 2. The maximum Gasteiger partial charge on any atom is 0.133 e. The highest BCUT2D eigenvalue weighted by Crippen LogP contribution is 2.28. The topological polar surface area (TPSA) is 34.1 Å². The Morgan fingerprint density at radius 2 is 1.53 bits per heavy atom. The predicted octanol–water partition coefficient (Wildman–Crippen LogP) is 3.24. The number of hydrogen-bond donors (Lipinski definition) is 0. The largest absolute Gasteiger partial charge is 0.302 e. The third-order valence-electron chi connectivity index (χ3n) is 2.68. The smallest absolute Gasteiger partial charge is 0.133 e. The van der Waals surface area contributed by atoms with Gasteiger partial charge in [0.2, 0.25) is 0 Å². The second-order valence-electron chi connectivity index (χ2n) is 5.35. The van der Waals surface area contributed by atoms with Crippen LogP contribution in [0.15, 0.2) is 0 Å². The summed E-state index contributed by atoms with van der Waals surface area (Å²) >= 11 is 0. The molecule has 0 unspecified atom stereocenters. The minimum Gasteiger partial charge on any atom is -0.302 e. The molecule has 0 heterocycles. The van der Waals surface area contributed by atoms with Crippen LogP contribution in [0.2, 0.25) is 0 Å². The van der Waals surface area contributed by atoms with Crippen LogP contribution in [-0.2, 0) is 9.59 Å². The summed E-state index contributed by atoms with van der Waals surface area (Å²) in [4.78, 5) is 22.1. The standard InChI is InChI=1S/C13H24O2/c1-11(2)6-5-7-13(9-14,10-15)8-12(3)4/h9-12H,5-8H2,1-4H3. The highest BCUT2D eigenvalue weighted by atomic mass is 16.1. The Hall–Kier alpha value is -0.660. The minimum atomic E-state index is -0.719. The number of aldehydes is 2. The van der Waals surface area contributed by atoms with Crippen LogP contribution in [0, 0.1) is 17.3 Å². The van der Waals surface area contributed by atoms with E-state index in [1.54, 1.807) is 0 Å². The quantitative estimate of drug-likeness (QED) is 0.457. The summed E-state index contributed by atoms with van der Waals surface area (Å²) in [5, 5.41) is 0. The van der Waals surface area contributed by atoms with Gasteiger partial charge in [-0.15, -0.1) is 0 Å². The van der Waals surface area contributed by atoms with Crippen molar-refractivity contribution in [1.82, 2.24) is 0 Å². The van der Waals surface area contributed by atoms with Crippen molar-refractivity contribution >= 4 is 12.6 Å². The normalized spacial score (nSPS) is 12.1. The molecule has 15 heavy (non-hydrogen) atoms. The fraction of sp³-hybridized carbons (Fsp3) is 0.846. The van der Waals surface area contributed by atoms with Crippen molar-refractivity contribution in [2.24, 2.45) is 17.3 Å². The van der Waals surface area contributed by atoms with Gasteiger partial charge in [0.25, 0.3) is 0 Å². The Labute approximate surface area is 93.4 Å². The van der Waals surface area contributed by atoms with Gasteiger partial charge in [0.05, 0.1) is 5.41 Å². The van der Waals surface area contributed by atoms with E-state index in [4.69, 9.17) is 0 Å². The molecular weight excluding hydrogens is 188 g/mol. The van der Waals surface area contributed by atoms with Gasteiger partial charge in [-0.1, -0.05) is 40.5 Å². The van der Waals surface area contributed by atoms with Gasteiger partial charge in [0.1, 0.15) is 12.6 Å². The van der Waals surface area contributed by atoms with Crippen molar-refractivity contribution in [3.05, 3.63) is 0 Å². The number of carbonyl (C=O) groups is 2. The van der Waals surface area contributed by atoms with Gasteiger partial charge in [-0.2, -0.15) is 0 Å². The lowest BCUT2D eigenvalue weighted by Crippen LogP contribution is -2.26. The van der Waals surface area contributed by atoms with Crippen LogP contribution in [0.4, 0.5) is 0 Å². The van der Waals surface area contributed by atoms with E-state index < -0.39 is 5.41 Å². The average molecular weight is 212 g/mol. The van der Waals surface area contributed by atoms with Crippen molar-refractivity contribution in [2.75, 3.05) is 0 Å². The van der Waals surface area contributed by atoms with Crippen LogP contribution in [0.3, 0.4) is 0 Å². The van der Waals surface area contributed by atoms with E-state index in [-0.39, 0.29) is 0 Å². The summed E-state index contributed by atoms with van der Waals surface area (Å²) in [6.45, 7) is 8.41. The molecule has 0 bridgehead atoms. The van der Waals surface area contributed by atoms with Crippen LogP contribution < -0.4 is 0 Å². The monoisotopic (exact) mass is 212 g/mol. The molecule has 0 aromatic carbocycles. The van der Waals surface area contributed by atoms with Crippen molar-refractivity contribution in [1.29, 1.82) is 0 Å². The van der Waals surface area contributed by atoms with E-state index in [1.165, 1.54) is 0 Å². The molecule has 0 aliphatic heterocycles. The molecule has 2 heteroatoms. The predicted molar refractivity (Wildman–Crippen MR) is 62.7 cm³/mol. The fourth-order valence-electron chi connectivity index (χ4n) is 1.94. The van der Waals surface area contributed by atoms with Crippen molar-refractivity contribution < 1.29 is 9.59 Å². The van der Waals surface area contributed by atoms with E-state index in [0.717, 1.165) is 25.4 Å². The molecule has 0 aromatic rings. The molecule has 0 radical (unpaired) electrons. The van der Waals surface area contributed by atoms with Crippen LogP contribution in [-0.4, -0.2) is 12.6 Å². The van der Waals surface area contributed by atoms with E-state index in [0.29, 0.717) is 24.7 Å². The molecule has 88 valence electrons. The molecule has 0 rings (SSSR count). The Bertz CT molecular complexity index is 187. The van der Waals surface area contributed by atoms with Gasteiger partial charge in [-0.25, -0.2) is 0 Å². The first-order valence-electron chi connectivity index (χ1n) is 5.88. The molecule has 2 nitrogen and oxygen atoms in total. The first-order valence-corrected chi connectivity index (χ1v) is 5.88. The van der Waals surface area contributed by atoms with E-state index in [9.17, 15) is 9.59 Å². The molecule has 0 aliphatic rings. The molecule has 0 aliphatic carbocycles. The average Bonchev–Trinajstić information content (AvgIpc) is 2.15. The molecule has 0 atom stereocenters. The Kier molecular flexibility index (Phi) is 6.46. The highest BCUT2D eigenvalue weighted by Gasteiger charge is 2.29. The Morgan fingerprint density at radius 1 is 1.00 bits per heavy atom. The lowest BCUT2D eigenvalue weighted by Gasteiger charge is -2.23. The van der Waals surface area contributed by atoms with Gasteiger partial charge in [0.15, 0.2) is 0 Å². The lowest BCUT2D eigenvalue weighted by molar-refractivity contribution is -0.127. The van der Waals surface area contributed by atoms with Crippen LogP contribution in [0.25, 0.3) is 0 Å². The molecule has 0 fully saturated rings. The summed E-state index contributed by atoms with van der Waals surface area (Å²) in [5.41, 5.74) is -0.719. The van der Waals surface area contributed by atoms with E-state index in [1.807, 2.05) is 13.8 Å². The zero-order valence-corrected chi connectivity index (χ0v) is 10.5. The summed E-state index contributed by atoms with van der Waals surface area (Å²) in [5.74, 6) is 1.03. The maximum atomic E-state index is 11.0. The van der Waals surface area contributed by atoms with Gasteiger partial charge in [-0.3, -0.25) is 0 Å². The third kappa shape index (κ3) is 5.71. The minimum absolute atomic E-state index is 0.388. The van der Waals surface area contributed by atoms with Crippen LogP contribution in [0.5, 0.6) is 0 Å². The zero-order valence-electron chi connectivity index (χ0n) is 10.5. The Morgan fingerprint density at radius 3 is 1.87 bits per heavy atom. The van der Waals surface area contributed by atoms with Crippen molar-refractivity contribution in [2.45, 2.75) is 53.4 Å². The molecule has 0 spiro atoms. The molecule has 0 amide bonds. The summed E-state index contributed by atoms with van der Waals surface area (Å²) in [7, 11) is 0. The molecule has 0 saturated carbocycles. The van der Waals surface area contributed by atoms with Gasteiger partial charge in [-0.05, 0) is 24.7 Å². The zero-order chi connectivity index (χ0) is 11.9. The first-order chi connectivity index (χ1) is 6.95. The fourth-order valence-corrected chi connectivity index (χ4v) is 1.94. The van der Waals surface area contributed by atoms with Gasteiger partial charge < -0.3 is 9.59 Å².